The van der Waals surface area contributed by atoms with Crippen LogP contribution in [0.1, 0.15) is 11.5 Å². The summed E-state index contributed by atoms with van der Waals surface area (Å²) in [4.78, 5) is 41.7. The lowest BCUT2D eigenvalue weighted by Crippen LogP contribution is -2.57. The zero-order chi connectivity index (χ0) is 21.1. The molecule has 9 nitrogen and oxygen atoms in total. The van der Waals surface area contributed by atoms with Crippen molar-refractivity contribution in [2.24, 2.45) is 0 Å². The molecule has 2 aromatic carbocycles. The number of hydrogen-bond donors (Lipinski definition) is 1. The molecule has 0 bridgehead atoms. The number of nitro groups is 1. The van der Waals surface area contributed by atoms with Crippen LogP contribution in [0.4, 0.5) is 5.69 Å². The zero-order valence-corrected chi connectivity index (χ0v) is 15.9. The molecule has 1 fully saturated rings. The normalized spacial score (nSPS) is 16.7. The average Bonchev–Trinajstić information content (AvgIpc) is 3.16. The van der Waals surface area contributed by atoms with E-state index in [4.69, 9.17) is 4.42 Å². The third-order valence-corrected chi connectivity index (χ3v) is 4.86. The SMILES string of the molecule is O=C1NCCN(C(=O)/C=C/c2ccccc2[N+](=O)[O-])C1Cc1nc2ccccc2o1. The minimum atomic E-state index is -0.783. The number of hydrogen-bond acceptors (Lipinski definition) is 6. The third kappa shape index (κ3) is 3.90. The molecule has 3 aromatic rings. The molecule has 1 atom stereocenters. The van der Waals surface area contributed by atoms with Crippen molar-refractivity contribution in [3.8, 4) is 0 Å². The smallest absolute Gasteiger partial charge is 0.276 e. The molecular weight excluding hydrogens is 388 g/mol. The second kappa shape index (κ2) is 8.16. The summed E-state index contributed by atoms with van der Waals surface area (Å²) in [5, 5.41) is 13.9. The lowest BCUT2D eigenvalue weighted by Gasteiger charge is -2.33. The van der Waals surface area contributed by atoms with Crippen LogP contribution in [-0.4, -0.2) is 45.8 Å². The van der Waals surface area contributed by atoms with Gasteiger partial charge in [0.25, 0.3) is 5.69 Å². The van der Waals surface area contributed by atoms with Gasteiger partial charge in [-0.15, -0.1) is 0 Å². The Balaban J connectivity index is 1.55. The van der Waals surface area contributed by atoms with Crippen LogP contribution in [0.25, 0.3) is 17.2 Å². The largest absolute Gasteiger partial charge is 0.441 e. The molecule has 0 radical (unpaired) electrons. The highest BCUT2D eigenvalue weighted by Gasteiger charge is 2.33. The minimum absolute atomic E-state index is 0.0963. The molecule has 1 N–H and O–H groups in total. The van der Waals surface area contributed by atoms with Crippen molar-refractivity contribution in [3.05, 3.63) is 76.2 Å². The van der Waals surface area contributed by atoms with Gasteiger partial charge >= 0.3 is 0 Å². The minimum Gasteiger partial charge on any atom is -0.441 e. The summed E-state index contributed by atoms with van der Waals surface area (Å²) in [6, 6.07) is 12.6. The number of nitrogens with zero attached hydrogens (tertiary/aromatic N) is 3. The summed E-state index contributed by atoms with van der Waals surface area (Å²) in [5.74, 6) is -0.348. The molecule has 1 saturated heterocycles. The van der Waals surface area contributed by atoms with Gasteiger partial charge in [0.1, 0.15) is 11.6 Å². The van der Waals surface area contributed by atoms with Gasteiger partial charge < -0.3 is 14.6 Å². The fraction of sp³-hybridized carbons (Fsp3) is 0.190. The Bertz CT molecular complexity index is 1120. The molecule has 30 heavy (non-hydrogen) atoms. The van der Waals surface area contributed by atoms with Gasteiger partial charge in [0.2, 0.25) is 11.8 Å². The van der Waals surface area contributed by atoms with Gasteiger partial charge in [-0.3, -0.25) is 19.7 Å². The Labute approximate surface area is 171 Å². The number of amides is 2. The molecule has 0 aliphatic carbocycles. The van der Waals surface area contributed by atoms with E-state index < -0.39 is 16.9 Å². The first-order valence-electron chi connectivity index (χ1n) is 9.37. The fourth-order valence-electron chi connectivity index (χ4n) is 3.41. The highest BCUT2D eigenvalue weighted by Crippen LogP contribution is 2.21. The standard InChI is InChI=1S/C21H18N4O5/c26-20(10-9-14-5-1-3-7-16(14)25(28)29)24-12-11-22-21(27)17(24)13-19-23-15-6-2-4-8-18(15)30-19/h1-10,17H,11-13H2,(H,22,27)/b10-9+. The number of fused-ring (bicyclic) bond motifs is 1. The summed E-state index contributed by atoms with van der Waals surface area (Å²) < 4.78 is 5.70. The van der Waals surface area contributed by atoms with Crippen LogP contribution in [-0.2, 0) is 16.0 Å². The van der Waals surface area contributed by atoms with Gasteiger partial charge in [-0.2, -0.15) is 0 Å². The highest BCUT2D eigenvalue weighted by atomic mass is 16.6. The first-order chi connectivity index (χ1) is 14.5. The van der Waals surface area contributed by atoms with E-state index in [1.807, 2.05) is 18.2 Å². The molecule has 4 rings (SSSR count). The molecular formula is C21H18N4O5. The van der Waals surface area contributed by atoms with Gasteiger partial charge in [-0.25, -0.2) is 4.98 Å². The van der Waals surface area contributed by atoms with Crippen molar-refractivity contribution < 1.29 is 18.9 Å². The summed E-state index contributed by atoms with van der Waals surface area (Å²) in [5.41, 5.74) is 1.50. The maximum absolute atomic E-state index is 12.8. The van der Waals surface area contributed by atoms with E-state index in [0.717, 1.165) is 0 Å². The molecule has 1 aliphatic heterocycles. The van der Waals surface area contributed by atoms with Crippen molar-refractivity contribution in [1.82, 2.24) is 15.2 Å². The number of carbonyl (C=O) groups is 2. The number of oxazole rings is 1. The van der Waals surface area contributed by atoms with Gasteiger partial charge in [0.15, 0.2) is 11.5 Å². The summed E-state index contributed by atoms with van der Waals surface area (Å²) in [7, 11) is 0. The van der Waals surface area contributed by atoms with Crippen molar-refractivity contribution >= 4 is 34.7 Å². The lowest BCUT2D eigenvalue weighted by atomic mass is 10.1. The lowest BCUT2D eigenvalue weighted by molar-refractivity contribution is -0.385. The molecule has 152 valence electrons. The first kappa shape index (κ1) is 19.3. The Morgan fingerprint density at radius 1 is 1.27 bits per heavy atom. The van der Waals surface area contributed by atoms with Crippen molar-refractivity contribution in [1.29, 1.82) is 0 Å². The fourth-order valence-corrected chi connectivity index (χ4v) is 3.41. The second-order valence-corrected chi connectivity index (χ2v) is 6.77. The Morgan fingerprint density at radius 2 is 2.03 bits per heavy atom. The van der Waals surface area contributed by atoms with Crippen LogP contribution in [0.2, 0.25) is 0 Å². The number of benzene rings is 2. The molecule has 2 heterocycles. The van der Waals surface area contributed by atoms with Gasteiger partial charge in [-0.05, 0) is 24.3 Å². The van der Waals surface area contributed by atoms with Crippen LogP contribution in [0, 0.1) is 10.1 Å². The van der Waals surface area contributed by atoms with Crippen LogP contribution in [0.5, 0.6) is 0 Å². The van der Waals surface area contributed by atoms with Gasteiger partial charge in [0.05, 0.1) is 16.9 Å². The summed E-state index contributed by atoms with van der Waals surface area (Å²) >= 11 is 0. The quantitative estimate of drug-likeness (QED) is 0.395. The predicted molar refractivity (Wildman–Crippen MR) is 108 cm³/mol. The van der Waals surface area contributed by atoms with Crippen LogP contribution < -0.4 is 5.32 Å². The molecule has 0 spiro atoms. The topological polar surface area (TPSA) is 119 Å². The van der Waals surface area contributed by atoms with E-state index in [-0.39, 0.29) is 18.0 Å². The Kier molecular flexibility index (Phi) is 5.25. The van der Waals surface area contributed by atoms with Crippen molar-refractivity contribution in [2.75, 3.05) is 13.1 Å². The maximum Gasteiger partial charge on any atom is 0.276 e. The van der Waals surface area contributed by atoms with Crippen LogP contribution in [0.3, 0.4) is 0 Å². The zero-order valence-electron chi connectivity index (χ0n) is 15.9. The molecule has 1 aromatic heterocycles. The third-order valence-electron chi connectivity index (χ3n) is 4.86. The maximum atomic E-state index is 12.8. The molecule has 1 unspecified atom stereocenters. The van der Waals surface area contributed by atoms with E-state index in [1.165, 1.54) is 23.1 Å². The van der Waals surface area contributed by atoms with E-state index in [2.05, 4.69) is 10.3 Å². The van der Waals surface area contributed by atoms with Gasteiger partial charge in [0, 0.05) is 25.2 Å². The average molecular weight is 406 g/mol. The van der Waals surface area contributed by atoms with E-state index in [0.29, 0.717) is 35.6 Å². The first-order valence-corrected chi connectivity index (χ1v) is 9.37. The number of rotatable bonds is 5. The summed E-state index contributed by atoms with van der Waals surface area (Å²) in [6.45, 7) is 0.644. The Hall–Kier alpha value is -4.01. The number of aromatic nitrogens is 1. The second-order valence-electron chi connectivity index (χ2n) is 6.77. The predicted octanol–water partition coefficient (Wildman–Crippen LogP) is 2.32. The highest BCUT2D eigenvalue weighted by molar-refractivity contribution is 5.96. The number of para-hydroxylation sites is 3. The number of piperazine rings is 1. The Morgan fingerprint density at radius 3 is 2.83 bits per heavy atom. The molecule has 0 saturated carbocycles. The van der Waals surface area contributed by atoms with Gasteiger partial charge in [-0.1, -0.05) is 24.3 Å². The van der Waals surface area contributed by atoms with E-state index in [1.54, 1.807) is 24.3 Å². The molecule has 9 heteroatoms. The van der Waals surface area contributed by atoms with Crippen LogP contribution in [0.15, 0.2) is 59.0 Å². The van der Waals surface area contributed by atoms with Crippen LogP contribution >= 0.6 is 0 Å². The molecule has 2 amide bonds. The van der Waals surface area contributed by atoms with E-state index >= 15 is 0 Å². The molecule has 1 aliphatic rings. The summed E-state index contributed by atoms with van der Waals surface area (Å²) in [6.07, 6.45) is 2.77. The number of carbonyl (C=O) groups excluding carboxylic acids is 2. The number of nitrogens with one attached hydrogen (secondary N) is 1. The van der Waals surface area contributed by atoms with Crippen molar-refractivity contribution in [2.45, 2.75) is 12.5 Å². The van der Waals surface area contributed by atoms with E-state index in [9.17, 15) is 19.7 Å². The van der Waals surface area contributed by atoms with Crippen molar-refractivity contribution in [3.63, 3.8) is 0 Å². The monoisotopic (exact) mass is 406 g/mol. The number of nitro benzene ring substituents is 1.